The zero-order valence-electron chi connectivity index (χ0n) is 10.2. The number of hydrogen-bond acceptors (Lipinski definition) is 3. The summed E-state index contributed by atoms with van der Waals surface area (Å²) in [4.78, 5) is 8.01. The van der Waals surface area contributed by atoms with Crippen LogP contribution in [0.15, 0.2) is 49.1 Å². The van der Waals surface area contributed by atoms with Crippen LogP contribution in [0.5, 0.6) is 0 Å². The number of pyridine rings is 2. The summed E-state index contributed by atoms with van der Waals surface area (Å²) in [5.74, 6) is 0. The van der Waals surface area contributed by atoms with E-state index in [1.807, 2.05) is 24.8 Å². The summed E-state index contributed by atoms with van der Waals surface area (Å²) in [6.45, 7) is 2.02. The van der Waals surface area contributed by atoms with Crippen molar-refractivity contribution in [3.8, 4) is 0 Å². The summed E-state index contributed by atoms with van der Waals surface area (Å²) in [5, 5.41) is 3.44. The third-order valence-electron chi connectivity index (χ3n) is 2.68. The molecule has 2 rings (SSSR count). The summed E-state index contributed by atoms with van der Waals surface area (Å²) < 4.78 is 0. The van der Waals surface area contributed by atoms with Crippen molar-refractivity contribution in [2.75, 3.05) is 13.1 Å². The van der Waals surface area contributed by atoms with E-state index in [-0.39, 0.29) is 12.4 Å². The highest BCUT2D eigenvalue weighted by Crippen LogP contribution is 1.97. The number of nitrogens with one attached hydrogen (secondary N) is 1. The van der Waals surface area contributed by atoms with E-state index in [1.54, 1.807) is 0 Å². The van der Waals surface area contributed by atoms with Gasteiger partial charge in [0, 0.05) is 24.8 Å². The zero-order chi connectivity index (χ0) is 11.8. The van der Waals surface area contributed by atoms with Gasteiger partial charge in [-0.25, -0.2) is 0 Å². The fraction of sp³-hybridized carbons (Fsp3) is 0.286. The first-order valence-electron chi connectivity index (χ1n) is 5.94. The number of aromatic nitrogens is 2. The lowest BCUT2D eigenvalue weighted by Gasteiger charge is -2.04. The van der Waals surface area contributed by atoms with Crippen LogP contribution >= 0.6 is 12.4 Å². The molecule has 3 nitrogen and oxygen atoms in total. The van der Waals surface area contributed by atoms with Crippen LogP contribution in [0.1, 0.15) is 11.1 Å². The van der Waals surface area contributed by atoms with Gasteiger partial charge in [0.25, 0.3) is 0 Å². The van der Waals surface area contributed by atoms with Gasteiger partial charge >= 0.3 is 0 Å². The largest absolute Gasteiger partial charge is 0.316 e. The Morgan fingerprint density at radius 2 is 1.11 bits per heavy atom. The normalized spacial score (nSPS) is 9.78. The Morgan fingerprint density at radius 3 is 1.50 bits per heavy atom. The highest BCUT2D eigenvalue weighted by atomic mass is 35.5. The van der Waals surface area contributed by atoms with Crippen molar-refractivity contribution in [2.45, 2.75) is 12.8 Å². The Hall–Kier alpha value is -1.45. The number of nitrogens with zero attached hydrogens (tertiary/aromatic N) is 2. The highest BCUT2D eigenvalue weighted by molar-refractivity contribution is 5.85. The molecule has 0 radical (unpaired) electrons. The Kier molecular flexibility index (Phi) is 6.99. The topological polar surface area (TPSA) is 37.8 Å². The average molecular weight is 264 g/mol. The monoisotopic (exact) mass is 263 g/mol. The molecule has 2 heterocycles. The molecule has 0 aliphatic rings. The molecule has 96 valence electrons. The Morgan fingerprint density at radius 1 is 0.722 bits per heavy atom. The molecule has 0 aliphatic carbocycles. The van der Waals surface area contributed by atoms with E-state index in [0.717, 1.165) is 25.9 Å². The standard InChI is InChI=1S/C14H17N3.ClH/c1-7-15-8-2-13(1)5-11-17-12-6-14-3-9-16-10-4-14;/h1-4,7-10,17H,5-6,11-12H2;1H. The summed E-state index contributed by atoms with van der Waals surface area (Å²) in [5.41, 5.74) is 2.66. The molecule has 4 heteroatoms. The quantitative estimate of drug-likeness (QED) is 0.813. The molecular formula is C14H18ClN3. The minimum Gasteiger partial charge on any atom is -0.316 e. The lowest BCUT2D eigenvalue weighted by atomic mass is 10.2. The number of halogens is 1. The van der Waals surface area contributed by atoms with Crippen LogP contribution in [0.25, 0.3) is 0 Å². The Balaban J connectivity index is 0.00000162. The first-order valence-corrected chi connectivity index (χ1v) is 5.94. The smallest absolute Gasteiger partial charge is 0.0270 e. The van der Waals surface area contributed by atoms with Gasteiger partial charge in [-0.15, -0.1) is 12.4 Å². The van der Waals surface area contributed by atoms with Crippen molar-refractivity contribution in [1.82, 2.24) is 15.3 Å². The Bertz CT molecular complexity index is 378. The van der Waals surface area contributed by atoms with E-state index >= 15 is 0 Å². The van der Waals surface area contributed by atoms with Crippen LogP contribution < -0.4 is 5.32 Å². The molecular weight excluding hydrogens is 246 g/mol. The first kappa shape index (κ1) is 14.6. The predicted molar refractivity (Wildman–Crippen MR) is 76.0 cm³/mol. The fourth-order valence-electron chi connectivity index (χ4n) is 1.69. The molecule has 0 saturated carbocycles. The maximum absolute atomic E-state index is 4.00. The number of rotatable bonds is 6. The molecule has 18 heavy (non-hydrogen) atoms. The molecule has 0 aliphatic heterocycles. The van der Waals surface area contributed by atoms with Gasteiger partial charge in [0.1, 0.15) is 0 Å². The van der Waals surface area contributed by atoms with E-state index in [4.69, 9.17) is 0 Å². The maximum atomic E-state index is 4.00. The average Bonchev–Trinajstić information content (AvgIpc) is 2.41. The molecule has 0 bridgehead atoms. The minimum absolute atomic E-state index is 0. The SMILES string of the molecule is Cl.c1cc(CCNCCc2ccncc2)ccn1. The van der Waals surface area contributed by atoms with Gasteiger partial charge in [-0.05, 0) is 61.3 Å². The van der Waals surface area contributed by atoms with Gasteiger partial charge in [0.2, 0.25) is 0 Å². The first-order chi connectivity index (χ1) is 8.45. The number of hydrogen-bond donors (Lipinski definition) is 1. The summed E-state index contributed by atoms with van der Waals surface area (Å²) in [6.07, 6.45) is 9.47. The lowest BCUT2D eigenvalue weighted by molar-refractivity contribution is 0.681. The van der Waals surface area contributed by atoms with Gasteiger partial charge in [-0.1, -0.05) is 0 Å². The van der Waals surface area contributed by atoms with Crippen LogP contribution in [0.4, 0.5) is 0 Å². The van der Waals surface area contributed by atoms with Crippen molar-refractivity contribution < 1.29 is 0 Å². The van der Waals surface area contributed by atoms with Crippen molar-refractivity contribution >= 4 is 12.4 Å². The third kappa shape index (κ3) is 5.25. The molecule has 0 atom stereocenters. The minimum atomic E-state index is 0. The van der Waals surface area contributed by atoms with Crippen LogP contribution in [-0.4, -0.2) is 23.1 Å². The van der Waals surface area contributed by atoms with Gasteiger partial charge in [-0.2, -0.15) is 0 Å². The summed E-state index contributed by atoms with van der Waals surface area (Å²) >= 11 is 0. The van der Waals surface area contributed by atoms with E-state index < -0.39 is 0 Å². The van der Waals surface area contributed by atoms with Gasteiger partial charge in [0.15, 0.2) is 0 Å². The van der Waals surface area contributed by atoms with Crippen molar-refractivity contribution in [1.29, 1.82) is 0 Å². The van der Waals surface area contributed by atoms with Crippen LogP contribution in [0.3, 0.4) is 0 Å². The van der Waals surface area contributed by atoms with Gasteiger partial charge < -0.3 is 5.32 Å². The second-order valence-corrected chi connectivity index (χ2v) is 3.96. The van der Waals surface area contributed by atoms with Crippen LogP contribution in [0.2, 0.25) is 0 Å². The van der Waals surface area contributed by atoms with Crippen LogP contribution in [-0.2, 0) is 12.8 Å². The molecule has 0 aromatic carbocycles. The highest BCUT2D eigenvalue weighted by Gasteiger charge is 1.93. The Labute approximate surface area is 114 Å². The molecule has 2 aromatic heterocycles. The molecule has 0 fully saturated rings. The van der Waals surface area contributed by atoms with Gasteiger partial charge in [0.05, 0.1) is 0 Å². The molecule has 1 N–H and O–H groups in total. The molecule has 0 unspecified atom stereocenters. The van der Waals surface area contributed by atoms with E-state index in [0.29, 0.717) is 0 Å². The molecule has 0 amide bonds. The van der Waals surface area contributed by atoms with E-state index in [1.165, 1.54) is 11.1 Å². The fourth-order valence-corrected chi connectivity index (χ4v) is 1.69. The van der Waals surface area contributed by atoms with Crippen molar-refractivity contribution in [2.24, 2.45) is 0 Å². The van der Waals surface area contributed by atoms with E-state index in [2.05, 4.69) is 39.6 Å². The second kappa shape index (κ2) is 8.61. The molecule has 2 aromatic rings. The third-order valence-corrected chi connectivity index (χ3v) is 2.68. The zero-order valence-corrected chi connectivity index (χ0v) is 11.1. The summed E-state index contributed by atoms with van der Waals surface area (Å²) in [7, 11) is 0. The summed E-state index contributed by atoms with van der Waals surface area (Å²) in [6, 6.07) is 8.24. The predicted octanol–water partition coefficient (Wildman–Crippen LogP) is 2.27. The van der Waals surface area contributed by atoms with Crippen molar-refractivity contribution in [3.05, 3.63) is 60.2 Å². The van der Waals surface area contributed by atoms with Crippen molar-refractivity contribution in [3.63, 3.8) is 0 Å². The second-order valence-electron chi connectivity index (χ2n) is 3.96. The van der Waals surface area contributed by atoms with Gasteiger partial charge in [-0.3, -0.25) is 9.97 Å². The molecule has 0 spiro atoms. The maximum Gasteiger partial charge on any atom is 0.0270 e. The lowest BCUT2D eigenvalue weighted by Crippen LogP contribution is -2.20. The van der Waals surface area contributed by atoms with E-state index in [9.17, 15) is 0 Å². The van der Waals surface area contributed by atoms with Crippen LogP contribution in [0, 0.1) is 0 Å². The molecule has 0 saturated heterocycles.